The summed E-state index contributed by atoms with van der Waals surface area (Å²) in [5.41, 5.74) is 0.976. The van der Waals surface area contributed by atoms with Crippen LogP contribution in [-0.2, 0) is 0 Å². The molecule has 1 unspecified atom stereocenters. The van der Waals surface area contributed by atoms with Crippen LogP contribution in [0.5, 0.6) is 0 Å². The molecule has 2 bridgehead atoms. The first-order valence-corrected chi connectivity index (χ1v) is 11.0. The van der Waals surface area contributed by atoms with E-state index in [2.05, 4.69) is 34.5 Å². The number of carbonyl (C=O) groups is 1. The largest absolute Gasteiger partial charge is 0.451 e. The topological polar surface area (TPSA) is 45.5 Å². The smallest absolute Gasteiger partial charge is 0.287 e. The molecule has 1 N–H and O–H groups in total. The van der Waals surface area contributed by atoms with Gasteiger partial charge in [0.1, 0.15) is 5.76 Å². The fourth-order valence-electron chi connectivity index (χ4n) is 4.30. The third-order valence-corrected chi connectivity index (χ3v) is 6.94. The van der Waals surface area contributed by atoms with Crippen LogP contribution in [0.1, 0.15) is 23.4 Å². The minimum absolute atomic E-state index is 0.105. The predicted octanol–water partition coefficient (Wildman–Crippen LogP) is 4.92. The second kappa shape index (κ2) is 8.09. The number of nitrogens with one attached hydrogen (secondary N) is 1. The van der Waals surface area contributed by atoms with E-state index in [-0.39, 0.29) is 11.9 Å². The maximum Gasteiger partial charge on any atom is 0.287 e. The SMILES string of the molecule is O=C(NC1CN2CCC1CC2)c1ccc(-c2ccc(Sc3ccccc3)cc2)o1. The van der Waals surface area contributed by atoms with Gasteiger partial charge in [-0.3, -0.25) is 4.79 Å². The third kappa shape index (κ3) is 4.11. The van der Waals surface area contributed by atoms with Crippen molar-refractivity contribution in [3.63, 3.8) is 0 Å². The normalized spacial score (nSPS) is 23.1. The standard InChI is InChI=1S/C24H24N2O2S/c27-24(25-21-16-26-14-12-17(21)13-15-26)23-11-10-22(28-23)18-6-8-20(9-7-18)29-19-4-2-1-3-5-19/h1-11,17,21H,12-16H2,(H,25,27). The Hall–Kier alpha value is -2.50. The highest BCUT2D eigenvalue weighted by Crippen LogP contribution is 2.31. The number of rotatable bonds is 5. The van der Waals surface area contributed by atoms with Gasteiger partial charge in [-0.05, 0) is 68.2 Å². The zero-order chi connectivity index (χ0) is 19.6. The van der Waals surface area contributed by atoms with Crippen molar-refractivity contribution in [1.82, 2.24) is 10.2 Å². The average molecular weight is 405 g/mol. The van der Waals surface area contributed by atoms with Crippen molar-refractivity contribution in [3.05, 3.63) is 72.5 Å². The van der Waals surface area contributed by atoms with Gasteiger partial charge in [0.05, 0.1) is 0 Å². The molecular formula is C24H24N2O2S. The van der Waals surface area contributed by atoms with Crippen molar-refractivity contribution in [2.75, 3.05) is 19.6 Å². The van der Waals surface area contributed by atoms with Crippen LogP contribution in [0.4, 0.5) is 0 Å². The lowest BCUT2D eigenvalue weighted by Crippen LogP contribution is -2.57. The summed E-state index contributed by atoms with van der Waals surface area (Å²) in [7, 11) is 0. The van der Waals surface area contributed by atoms with Gasteiger partial charge in [0, 0.05) is 27.9 Å². The van der Waals surface area contributed by atoms with Gasteiger partial charge in [-0.15, -0.1) is 0 Å². The van der Waals surface area contributed by atoms with Gasteiger partial charge < -0.3 is 14.6 Å². The third-order valence-electron chi connectivity index (χ3n) is 5.92. The second-order valence-electron chi connectivity index (χ2n) is 7.82. The summed E-state index contributed by atoms with van der Waals surface area (Å²) in [5, 5.41) is 3.19. The Kier molecular flexibility index (Phi) is 5.17. The highest BCUT2D eigenvalue weighted by atomic mass is 32.2. The Bertz CT molecular complexity index is 976. The second-order valence-corrected chi connectivity index (χ2v) is 8.97. The first kappa shape index (κ1) is 18.5. The lowest BCUT2D eigenvalue weighted by atomic mass is 9.84. The molecule has 0 saturated carbocycles. The maximum absolute atomic E-state index is 12.7. The first-order chi connectivity index (χ1) is 14.2. The summed E-state index contributed by atoms with van der Waals surface area (Å²) in [6.45, 7) is 3.30. The quantitative estimate of drug-likeness (QED) is 0.655. The van der Waals surface area contributed by atoms with E-state index in [0.717, 1.165) is 17.9 Å². The van der Waals surface area contributed by atoms with Crippen molar-refractivity contribution in [2.45, 2.75) is 28.7 Å². The monoisotopic (exact) mass is 404 g/mol. The Morgan fingerprint density at radius 2 is 1.66 bits per heavy atom. The molecule has 29 heavy (non-hydrogen) atoms. The zero-order valence-corrected chi connectivity index (χ0v) is 17.0. The number of fused-ring (bicyclic) bond motifs is 3. The van der Waals surface area contributed by atoms with Gasteiger partial charge in [-0.1, -0.05) is 42.1 Å². The summed E-state index contributed by atoms with van der Waals surface area (Å²) in [5.74, 6) is 1.61. The number of hydrogen-bond donors (Lipinski definition) is 1. The molecule has 3 aliphatic rings. The van der Waals surface area contributed by atoms with Crippen molar-refractivity contribution >= 4 is 17.7 Å². The highest BCUT2D eigenvalue weighted by molar-refractivity contribution is 7.99. The van der Waals surface area contributed by atoms with Gasteiger partial charge in [0.15, 0.2) is 5.76 Å². The number of amides is 1. The van der Waals surface area contributed by atoms with Gasteiger partial charge in [-0.2, -0.15) is 0 Å². The van der Waals surface area contributed by atoms with Crippen LogP contribution in [-0.4, -0.2) is 36.5 Å². The van der Waals surface area contributed by atoms with E-state index in [9.17, 15) is 4.79 Å². The Morgan fingerprint density at radius 1 is 0.931 bits per heavy atom. The molecule has 6 rings (SSSR count). The molecule has 148 valence electrons. The molecule has 0 aliphatic carbocycles. The minimum Gasteiger partial charge on any atom is -0.451 e. The fraction of sp³-hybridized carbons (Fsp3) is 0.292. The molecule has 3 aromatic rings. The summed E-state index contributed by atoms with van der Waals surface area (Å²) >= 11 is 1.73. The molecule has 1 amide bonds. The molecule has 1 aromatic heterocycles. The summed E-state index contributed by atoms with van der Waals surface area (Å²) < 4.78 is 5.88. The molecule has 4 heterocycles. The Morgan fingerprint density at radius 3 is 2.34 bits per heavy atom. The summed E-state index contributed by atoms with van der Waals surface area (Å²) in [6, 6.07) is 22.5. The van der Waals surface area contributed by atoms with Crippen LogP contribution in [0.25, 0.3) is 11.3 Å². The lowest BCUT2D eigenvalue weighted by molar-refractivity contribution is 0.0606. The van der Waals surface area contributed by atoms with Gasteiger partial charge in [0.2, 0.25) is 0 Å². The molecule has 1 atom stereocenters. The number of carbonyl (C=O) groups excluding carboxylic acids is 1. The predicted molar refractivity (Wildman–Crippen MR) is 115 cm³/mol. The van der Waals surface area contributed by atoms with Gasteiger partial charge >= 0.3 is 0 Å². The van der Waals surface area contributed by atoms with Crippen LogP contribution in [0.15, 0.2) is 80.9 Å². The van der Waals surface area contributed by atoms with Gasteiger partial charge in [-0.25, -0.2) is 0 Å². The summed E-state index contributed by atoms with van der Waals surface area (Å²) in [6.07, 6.45) is 2.36. The number of hydrogen-bond acceptors (Lipinski definition) is 4. The van der Waals surface area contributed by atoms with Crippen LogP contribution in [0.3, 0.4) is 0 Å². The van der Waals surface area contributed by atoms with E-state index in [1.165, 1.54) is 35.7 Å². The molecule has 0 spiro atoms. The van der Waals surface area contributed by atoms with Crippen molar-refractivity contribution in [3.8, 4) is 11.3 Å². The molecule has 0 radical (unpaired) electrons. The first-order valence-electron chi connectivity index (χ1n) is 10.2. The number of furan rings is 1. The molecule has 3 saturated heterocycles. The van der Waals surface area contributed by atoms with E-state index in [1.54, 1.807) is 17.8 Å². The van der Waals surface area contributed by atoms with Crippen LogP contribution < -0.4 is 5.32 Å². The fourth-order valence-corrected chi connectivity index (χ4v) is 5.13. The molecule has 4 nitrogen and oxygen atoms in total. The molecule has 3 fully saturated rings. The van der Waals surface area contributed by atoms with Gasteiger partial charge in [0.25, 0.3) is 5.91 Å². The van der Waals surface area contributed by atoms with Crippen molar-refractivity contribution in [2.24, 2.45) is 5.92 Å². The zero-order valence-electron chi connectivity index (χ0n) is 16.2. The van der Waals surface area contributed by atoms with E-state index in [1.807, 2.05) is 36.4 Å². The average Bonchev–Trinajstić information content (AvgIpc) is 3.26. The summed E-state index contributed by atoms with van der Waals surface area (Å²) in [4.78, 5) is 17.5. The van der Waals surface area contributed by atoms with E-state index < -0.39 is 0 Å². The minimum atomic E-state index is -0.105. The Labute approximate surface area is 175 Å². The number of piperidine rings is 3. The highest BCUT2D eigenvalue weighted by Gasteiger charge is 2.35. The number of nitrogens with zero attached hydrogens (tertiary/aromatic N) is 1. The van der Waals surface area contributed by atoms with E-state index in [4.69, 9.17) is 4.42 Å². The van der Waals surface area contributed by atoms with E-state index >= 15 is 0 Å². The molecule has 5 heteroatoms. The van der Waals surface area contributed by atoms with Crippen LogP contribution >= 0.6 is 11.8 Å². The molecule has 3 aliphatic heterocycles. The van der Waals surface area contributed by atoms with Crippen molar-refractivity contribution in [1.29, 1.82) is 0 Å². The molecular weight excluding hydrogens is 380 g/mol. The number of benzene rings is 2. The van der Waals surface area contributed by atoms with Crippen molar-refractivity contribution < 1.29 is 9.21 Å². The Balaban J connectivity index is 1.24. The van der Waals surface area contributed by atoms with Crippen LogP contribution in [0.2, 0.25) is 0 Å². The lowest BCUT2D eigenvalue weighted by Gasteiger charge is -2.44. The maximum atomic E-state index is 12.7. The van der Waals surface area contributed by atoms with E-state index in [0.29, 0.717) is 11.7 Å². The molecule has 2 aromatic carbocycles. The van der Waals surface area contributed by atoms with Crippen LogP contribution in [0, 0.1) is 5.92 Å².